The third-order valence-corrected chi connectivity index (χ3v) is 6.33. The Bertz CT molecular complexity index is 1250. The van der Waals surface area contributed by atoms with Crippen LogP contribution in [0.4, 0.5) is 0 Å². The fourth-order valence-corrected chi connectivity index (χ4v) is 4.60. The molecule has 160 valence electrons. The Morgan fingerprint density at radius 1 is 1.06 bits per heavy atom. The van der Waals surface area contributed by atoms with Crippen LogP contribution in [0.5, 0.6) is 11.5 Å². The maximum Gasteiger partial charge on any atom is 0.336 e. The number of ether oxygens (including phenoxy) is 3. The van der Waals surface area contributed by atoms with Gasteiger partial charge < -0.3 is 18.6 Å². The van der Waals surface area contributed by atoms with Crippen molar-refractivity contribution < 1.29 is 18.6 Å². The first-order valence-corrected chi connectivity index (χ1v) is 10.6. The summed E-state index contributed by atoms with van der Waals surface area (Å²) < 4.78 is 24.6. The highest BCUT2D eigenvalue weighted by atomic mass is 16.5. The Labute approximate surface area is 181 Å². The van der Waals surface area contributed by atoms with Crippen molar-refractivity contribution in [2.45, 2.75) is 45.5 Å². The second-order valence-corrected chi connectivity index (χ2v) is 8.91. The van der Waals surface area contributed by atoms with Gasteiger partial charge in [-0.1, -0.05) is 37.3 Å². The topological polar surface area (TPSA) is 57.9 Å². The van der Waals surface area contributed by atoms with Gasteiger partial charge in [0.05, 0.1) is 22.6 Å². The first kappa shape index (κ1) is 19.9. The molecule has 0 saturated carbocycles. The maximum absolute atomic E-state index is 12.7. The Kier molecular flexibility index (Phi) is 4.48. The summed E-state index contributed by atoms with van der Waals surface area (Å²) in [6, 6.07) is 11.4. The molecule has 0 saturated heterocycles. The summed E-state index contributed by atoms with van der Waals surface area (Å²) in [4.78, 5) is 12.7. The summed E-state index contributed by atoms with van der Waals surface area (Å²) in [5.74, 6) is 1.41. The van der Waals surface area contributed by atoms with Gasteiger partial charge in [-0.3, -0.25) is 0 Å². The van der Waals surface area contributed by atoms with Crippen molar-refractivity contribution in [3.8, 4) is 22.6 Å². The highest BCUT2D eigenvalue weighted by molar-refractivity contribution is 6.04. The van der Waals surface area contributed by atoms with E-state index in [0.717, 1.165) is 27.6 Å². The Hall–Kier alpha value is -3.05. The highest BCUT2D eigenvalue weighted by Gasteiger charge is 2.40. The number of methoxy groups -OCH3 is 1. The van der Waals surface area contributed by atoms with E-state index in [0.29, 0.717) is 17.1 Å². The third kappa shape index (κ3) is 3.07. The normalized spacial score (nSPS) is 23.6. The molecule has 0 radical (unpaired) electrons. The van der Waals surface area contributed by atoms with Crippen LogP contribution < -0.4 is 15.1 Å². The molecular weight excluding hydrogens is 392 g/mol. The lowest BCUT2D eigenvalue weighted by Crippen LogP contribution is -2.35. The molecule has 5 nitrogen and oxygen atoms in total. The van der Waals surface area contributed by atoms with E-state index in [2.05, 4.69) is 6.92 Å². The summed E-state index contributed by atoms with van der Waals surface area (Å²) in [7, 11) is 1.68. The lowest BCUT2D eigenvalue weighted by Gasteiger charge is -2.38. The summed E-state index contributed by atoms with van der Waals surface area (Å²) in [5.41, 5.74) is 2.87. The van der Waals surface area contributed by atoms with E-state index >= 15 is 0 Å². The van der Waals surface area contributed by atoms with E-state index in [9.17, 15) is 4.79 Å². The molecule has 0 fully saturated rings. The molecule has 31 heavy (non-hydrogen) atoms. The second kappa shape index (κ2) is 6.99. The molecule has 2 aliphatic rings. The maximum atomic E-state index is 12.7. The van der Waals surface area contributed by atoms with Crippen molar-refractivity contribution in [1.29, 1.82) is 0 Å². The van der Waals surface area contributed by atoms with Crippen LogP contribution in [-0.4, -0.2) is 18.8 Å². The molecule has 0 aliphatic carbocycles. The fourth-order valence-electron chi connectivity index (χ4n) is 4.60. The molecule has 0 unspecified atom stereocenters. The molecule has 0 N–H and O–H groups in total. The van der Waals surface area contributed by atoms with Crippen LogP contribution >= 0.6 is 0 Å². The minimum Gasteiger partial charge on any atom is -0.489 e. The van der Waals surface area contributed by atoms with Gasteiger partial charge >= 0.3 is 5.63 Å². The number of hydrogen-bond acceptors (Lipinski definition) is 5. The lowest BCUT2D eigenvalue weighted by atomic mass is 9.84. The number of hydrogen-bond donors (Lipinski definition) is 0. The molecule has 3 aromatic rings. The first-order valence-electron chi connectivity index (χ1n) is 10.6. The smallest absolute Gasteiger partial charge is 0.336 e. The fraction of sp³-hybridized carbons (Fsp3) is 0.346. The molecule has 5 rings (SSSR count). The van der Waals surface area contributed by atoms with E-state index in [1.165, 1.54) is 6.07 Å². The van der Waals surface area contributed by atoms with Crippen molar-refractivity contribution in [2.24, 2.45) is 5.92 Å². The van der Waals surface area contributed by atoms with E-state index < -0.39 is 11.2 Å². The van der Waals surface area contributed by atoms with Crippen molar-refractivity contribution >= 4 is 17.0 Å². The molecule has 1 aromatic heterocycles. The Morgan fingerprint density at radius 3 is 2.52 bits per heavy atom. The van der Waals surface area contributed by atoms with E-state index in [4.69, 9.17) is 18.6 Å². The number of benzene rings is 2. The van der Waals surface area contributed by atoms with Crippen LogP contribution in [0.15, 0.2) is 51.7 Å². The van der Waals surface area contributed by atoms with Gasteiger partial charge in [-0.05, 0) is 38.5 Å². The van der Waals surface area contributed by atoms with Gasteiger partial charge in [0.1, 0.15) is 23.2 Å². The van der Waals surface area contributed by atoms with Gasteiger partial charge in [-0.2, -0.15) is 0 Å². The average Bonchev–Trinajstić information content (AvgIpc) is 2.74. The lowest BCUT2D eigenvalue weighted by molar-refractivity contribution is -0.0125. The van der Waals surface area contributed by atoms with Crippen LogP contribution in [-0.2, 0) is 4.74 Å². The van der Waals surface area contributed by atoms with Gasteiger partial charge in [0.15, 0.2) is 5.58 Å². The van der Waals surface area contributed by atoms with Crippen LogP contribution in [0, 0.1) is 5.92 Å². The summed E-state index contributed by atoms with van der Waals surface area (Å²) in [5, 5.41) is 0.768. The number of rotatable bonds is 2. The van der Waals surface area contributed by atoms with E-state index in [1.807, 2.05) is 63.3 Å². The monoisotopic (exact) mass is 418 g/mol. The minimum atomic E-state index is -0.507. The molecule has 0 spiro atoms. The molecule has 2 aromatic carbocycles. The average molecular weight is 418 g/mol. The van der Waals surface area contributed by atoms with Crippen molar-refractivity contribution in [1.82, 2.24) is 0 Å². The quantitative estimate of drug-likeness (QED) is 0.496. The van der Waals surface area contributed by atoms with Crippen LogP contribution in [0.3, 0.4) is 0 Å². The molecule has 2 aliphatic heterocycles. The standard InChI is InChI=1S/C26H26O5/c1-14-15(2)29-23-17-11-12-26(3,4)31-24(17)20-18(16-9-7-6-8-10-16)13-19(27)30-25(20)21(23)22(14)28-5/h6-15,22H,1-5H3/t14-,15+,22-/m1/s1. The Balaban J connectivity index is 1.97. The zero-order valence-corrected chi connectivity index (χ0v) is 18.4. The minimum absolute atomic E-state index is 0.0636. The summed E-state index contributed by atoms with van der Waals surface area (Å²) >= 11 is 0. The molecule has 0 bridgehead atoms. The number of fused-ring (bicyclic) bond motifs is 6. The first-order chi connectivity index (χ1) is 14.8. The summed E-state index contributed by atoms with van der Waals surface area (Å²) in [6.07, 6.45) is 3.73. The predicted molar refractivity (Wildman–Crippen MR) is 121 cm³/mol. The van der Waals surface area contributed by atoms with Gasteiger partial charge in [-0.25, -0.2) is 4.79 Å². The third-order valence-electron chi connectivity index (χ3n) is 6.33. The SMILES string of the molecule is CO[C@H]1c2c(c3c(c4c(-c5ccccc5)cc(=O)oc24)OC(C)(C)C=C3)O[C@@H](C)[C@H]1C. The largest absolute Gasteiger partial charge is 0.489 e. The van der Waals surface area contributed by atoms with Crippen LogP contribution in [0.25, 0.3) is 28.2 Å². The Morgan fingerprint density at radius 2 is 1.81 bits per heavy atom. The van der Waals surface area contributed by atoms with Crippen molar-refractivity contribution in [2.75, 3.05) is 7.11 Å². The summed E-state index contributed by atoms with van der Waals surface area (Å²) in [6.45, 7) is 8.12. The van der Waals surface area contributed by atoms with Crippen LogP contribution in [0.2, 0.25) is 0 Å². The van der Waals surface area contributed by atoms with Gasteiger partial charge in [-0.15, -0.1) is 0 Å². The molecular formula is C26H26O5. The predicted octanol–water partition coefficient (Wildman–Crippen LogP) is 5.75. The molecule has 3 heterocycles. The van der Waals surface area contributed by atoms with Gasteiger partial charge in [0.25, 0.3) is 0 Å². The van der Waals surface area contributed by atoms with Crippen LogP contribution in [0.1, 0.15) is 44.9 Å². The van der Waals surface area contributed by atoms with Gasteiger partial charge in [0.2, 0.25) is 0 Å². The molecule has 5 heteroatoms. The van der Waals surface area contributed by atoms with Crippen molar-refractivity contribution in [3.63, 3.8) is 0 Å². The van der Waals surface area contributed by atoms with Crippen molar-refractivity contribution in [3.05, 3.63) is 64.0 Å². The highest BCUT2D eigenvalue weighted by Crippen LogP contribution is 2.53. The van der Waals surface area contributed by atoms with E-state index in [-0.39, 0.29) is 18.1 Å². The van der Waals surface area contributed by atoms with E-state index in [1.54, 1.807) is 7.11 Å². The zero-order chi connectivity index (χ0) is 21.9. The molecule has 3 atom stereocenters. The van der Waals surface area contributed by atoms with Gasteiger partial charge in [0, 0.05) is 24.7 Å². The molecule has 0 amide bonds. The second-order valence-electron chi connectivity index (χ2n) is 8.91. The zero-order valence-electron chi connectivity index (χ0n) is 18.4.